The molecular formula is C12H20N4O. The van der Waals surface area contributed by atoms with Crippen molar-refractivity contribution in [3.05, 3.63) is 11.9 Å². The summed E-state index contributed by atoms with van der Waals surface area (Å²) < 4.78 is 5.23. The molecule has 0 spiro atoms. The molecule has 0 aromatic carbocycles. The fourth-order valence-corrected chi connectivity index (χ4v) is 2.32. The minimum absolute atomic E-state index is 0.502. The van der Waals surface area contributed by atoms with Crippen LogP contribution in [0.2, 0.25) is 0 Å². The lowest BCUT2D eigenvalue weighted by atomic mass is 10.1. The fourth-order valence-electron chi connectivity index (χ4n) is 2.32. The van der Waals surface area contributed by atoms with Crippen molar-refractivity contribution in [2.75, 3.05) is 32.1 Å². The standard InChI is InChI=1S/C12H20N4O/c1-9-11(14-8-15-12(9)17-3)16(2)10-5-4-6-13-7-10/h8,10,13H,4-7H2,1-3H3. The van der Waals surface area contributed by atoms with Crippen molar-refractivity contribution < 1.29 is 4.74 Å². The van der Waals surface area contributed by atoms with Crippen molar-refractivity contribution in [1.29, 1.82) is 0 Å². The van der Waals surface area contributed by atoms with E-state index in [4.69, 9.17) is 4.74 Å². The van der Waals surface area contributed by atoms with Gasteiger partial charge in [-0.25, -0.2) is 9.97 Å². The van der Waals surface area contributed by atoms with E-state index in [0.29, 0.717) is 11.9 Å². The molecule has 1 aromatic rings. The molecule has 1 aliphatic rings. The lowest BCUT2D eigenvalue weighted by molar-refractivity contribution is 0.392. The molecule has 1 atom stereocenters. The Kier molecular flexibility index (Phi) is 3.78. The van der Waals surface area contributed by atoms with Crippen LogP contribution in [0.15, 0.2) is 6.33 Å². The molecule has 2 rings (SSSR count). The molecule has 0 amide bonds. The first-order valence-electron chi connectivity index (χ1n) is 6.03. The number of likely N-dealkylation sites (N-methyl/N-ethyl adjacent to an activating group) is 1. The highest BCUT2D eigenvalue weighted by Crippen LogP contribution is 2.25. The number of piperidine rings is 1. The molecule has 0 saturated carbocycles. The summed E-state index contributed by atoms with van der Waals surface area (Å²) in [5.41, 5.74) is 1.00. The summed E-state index contributed by atoms with van der Waals surface area (Å²) in [6, 6.07) is 0.502. The maximum atomic E-state index is 5.23. The Hall–Kier alpha value is -1.36. The Balaban J connectivity index is 2.20. The van der Waals surface area contributed by atoms with Crippen LogP contribution in [0.1, 0.15) is 18.4 Å². The largest absolute Gasteiger partial charge is 0.481 e. The predicted molar refractivity (Wildman–Crippen MR) is 67.6 cm³/mol. The first-order chi connectivity index (χ1) is 8.24. The van der Waals surface area contributed by atoms with Gasteiger partial charge in [0.2, 0.25) is 5.88 Å². The highest BCUT2D eigenvalue weighted by molar-refractivity contribution is 5.50. The Morgan fingerprint density at radius 1 is 1.47 bits per heavy atom. The molecule has 5 heteroatoms. The Morgan fingerprint density at radius 2 is 2.29 bits per heavy atom. The first-order valence-corrected chi connectivity index (χ1v) is 6.03. The van der Waals surface area contributed by atoms with Gasteiger partial charge in [0.05, 0.1) is 12.7 Å². The van der Waals surface area contributed by atoms with E-state index in [9.17, 15) is 0 Å². The summed E-state index contributed by atoms with van der Waals surface area (Å²) in [7, 11) is 3.73. The van der Waals surface area contributed by atoms with Gasteiger partial charge in [-0.05, 0) is 26.3 Å². The minimum atomic E-state index is 0.502. The molecule has 1 saturated heterocycles. The number of nitrogens with zero attached hydrogens (tertiary/aromatic N) is 3. The second kappa shape index (κ2) is 5.31. The summed E-state index contributed by atoms with van der Waals surface area (Å²) in [5.74, 6) is 1.62. The molecule has 94 valence electrons. The average Bonchev–Trinajstić information content (AvgIpc) is 2.39. The number of methoxy groups -OCH3 is 1. The monoisotopic (exact) mass is 236 g/mol. The van der Waals surface area contributed by atoms with Crippen LogP contribution in [-0.4, -0.2) is 43.3 Å². The lowest BCUT2D eigenvalue weighted by Gasteiger charge is -2.33. The van der Waals surface area contributed by atoms with Crippen molar-refractivity contribution in [1.82, 2.24) is 15.3 Å². The van der Waals surface area contributed by atoms with E-state index in [2.05, 4.69) is 27.2 Å². The van der Waals surface area contributed by atoms with Crippen LogP contribution in [0.3, 0.4) is 0 Å². The van der Waals surface area contributed by atoms with Crippen LogP contribution in [0.5, 0.6) is 5.88 Å². The van der Waals surface area contributed by atoms with E-state index in [-0.39, 0.29) is 0 Å². The quantitative estimate of drug-likeness (QED) is 0.848. The predicted octanol–water partition coefficient (Wildman–Crippen LogP) is 0.982. The number of ether oxygens (including phenoxy) is 1. The molecule has 1 aromatic heterocycles. The van der Waals surface area contributed by atoms with E-state index in [1.165, 1.54) is 12.8 Å². The second-order valence-corrected chi connectivity index (χ2v) is 4.44. The van der Waals surface area contributed by atoms with E-state index in [1.807, 2.05) is 6.92 Å². The van der Waals surface area contributed by atoms with Gasteiger partial charge in [0.1, 0.15) is 12.1 Å². The zero-order chi connectivity index (χ0) is 12.3. The average molecular weight is 236 g/mol. The van der Waals surface area contributed by atoms with Gasteiger partial charge in [-0.3, -0.25) is 0 Å². The number of hydrogen-bond acceptors (Lipinski definition) is 5. The van der Waals surface area contributed by atoms with Crippen molar-refractivity contribution in [2.45, 2.75) is 25.8 Å². The van der Waals surface area contributed by atoms with Gasteiger partial charge in [-0.2, -0.15) is 0 Å². The van der Waals surface area contributed by atoms with Gasteiger partial charge in [0.25, 0.3) is 0 Å². The molecule has 1 N–H and O–H groups in total. The summed E-state index contributed by atoms with van der Waals surface area (Å²) >= 11 is 0. The molecule has 0 radical (unpaired) electrons. The number of aromatic nitrogens is 2. The number of hydrogen-bond donors (Lipinski definition) is 1. The Morgan fingerprint density at radius 3 is 2.94 bits per heavy atom. The minimum Gasteiger partial charge on any atom is -0.481 e. The van der Waals surface area contributed by atoms with Crippen LogP contribution < -0.4 is 15.0 Å². The number of anilines is 1. The molecule has 1 fully saturated rings. The smallest absolute Gasteiger partial charge is 0.221 e. The van der Waals surface area contributed by atoms with Gasteiger partial charge in [0, 0.05) is 19.6 Å². The van der Waals surface area contributed by atoms with E-state index >= 15 is 0 Å². The van der Waals surface area contributed by atoms with Crippen molar-refractivity contribution in [3.8, 4) is 5.88 Å². The Labute approximate surface area is 102 Å². The zero-order valence-electron chi connectivity index (χ0n) is 10.7. The molecule has 5 nitrogen and oxygen atoms in total. The summed E-state index contributed by atoms with van der Waals surface area (Å²) in [4.78, 5) is 10.7. The summed E-state index contributed by atoms with van der Waals surface area (Å²) in [6.45, 7) is 4.14. The third-order valence-corrected chi connectivity index (χ3v) is 3.36. The van der Waals surface area contributed by atoms with Crippen LogP contribution in [0.25, 0.3) is 0 Å². The highest BCUT2D eigenvalue weighted by atomic mass is 16.5. The molecule has 0 aliphatic carbocycles. The second-order valence-electron chi connectivity index (χ2n) is 4.44. The van der Waals surface area contributed by atoms with Crippen LogP contribution in [0, 0.1) is 6.92 Å². The molecule has 0 bridgehead atoms. The van der Waals surface area contributed by atoms with E-state index in [0.717, 1.165) is 24.5 Å². The van der Waals surface area contributed by atoms with E-state index < -0.39 is 0 Å². The molecule has 17 heavy (non-hydrogen) atoms. The molecule has 1 aliphatic heterocycles. The fraction of sp³-hybridized carbons (Fsp3) is 0.667. The number of nitrogens with one attached hydrogen (secondary N) is 1. The summed E-state index contributed by atoms with van der Waals surface area (Å²) in [5, 5.41) is 3.42. The maximum absolute atomic E-state index is 5.23. The van der Waals surface area contributed by atoms with Crippen LogP contribution in [0.4, 0.5) is 5.82 Å². The first kappa shape index (κ1) is 12.1. The molecule has 1 unspecified atom stereocenters. The van der Waals surface area contributed by atoms with Crippen molar-refractivity contribution >= 4 is 5.82 Å². The highest BCUT2D eigenvalue weighted by Gasteiger charge is 2.21. The van der Waals surface area contributed by atoms with Gasteiger partial charge in [-0.15, -0.1) is 0 Å². The van der Waals surface area contributed by atoms with Gasteiger partial charge >= 0.3 is 0 Å². The lowest BCUT2D eigenvalue weighted by Crippen LogP contribution is -2.44. The van der Waals surface area contributed by atoms with Crippen molar-refractivity contribution in [2.24, 2.45) is 0 Å². The van der Waals surface area contributed by atoms with Gasteiger partial charge < -0.3 is 15.0 Å². The number of rotatable bonds is 3. The Bertz CT molecular complexity index is 377. The van der Waals surface area contributed by atoms with E-state index in [1.54, 1.807) is 13.4 Å². The van der Waals surface area contributed by atoms with Gasteiger partial charge in [-0.1, -0.05) is 0 Å². The third kappa shape index (κ3) is 2.49. The van der Waals surface area contributed by atoms with Gasteiger partial charge in [0.15, 0.2) is 0 Å². The summed E-state index contributed by atoms with van der Waals surface area (Å²) in [6.07, 6.45) is 3.99. The van der Waals surface area contributed by atoms with Crippen molar-refractivity contribution in [3.63, 3.8) is 0 Å². The van der Waals surface area contributed by atoms with Crippen LogP contribution >= 0.6 is 0 Å². The topological polar surface area (TPSA) is 50.3 Å². The zero-order valence-corrected chi connectivity index (χ0v) is 10.7. The maximum Gasteiger partial charge on any atom is 0.221 e. The SMILES string of the molecule is COc1ncnc(N(C)C2CCCNC2)c1C. The molecule has 2 heterocycles. The third-order valence-electron chi connectivity index (χ3n) is 3.36. The van der Waals surface area contributed by atoms with Crippen LogP contribution in [-0.2, 0) is 0 Å². The normalized spacial score (nSPS) is 20.1. The molecular weight excluding hydrogens is 216 g/mol.